The Kier molecular flexibility index (Phi) is 4.86. The minimum Gasteiger partial charge on any atom is -0.338 e. The SMILES string of the molecule is CCc1[nH]n2c(=O)cc([C@@H]3CC(=O)N(Cc4ccncc4)C3)nc2c1-c1ccccc1. The summed E-state index contributed by atoms with van der Waals surface area (Å²) >= 11 is 0. The molecule has 156 valence electrons. The summed E-state index contributed by atoms with van der Waals surface area (Å²) in [6.45, 7) is 3.14. The van der Waals surface area contributed by atoms with Gasteiger partial charge in [0.2, 0.25) is 5.91 Å². The molecule has 1 amide bonds. The first-order valence-corrected chi connectivity index (χ1v) is 10.5. The number of nitrogens with one attached hydrogen (secondary N) is 1. The Hall–Kier alpha value is -3.74. The van der Waals surface area contributed by atoms with Gasteiger partial charge < -0.3 is 4.90 Å². The Morgan fingerprint density at radius 3 is 2.61 bits per heavy atom. The van der Waals surface area contributed by atoms with Crippen LogP contribution in [-0.4, -0.2) is 36.9 Å². The van der Waals surface area contributed by atoms with Gasteiger partial charge in [0, 0.05) is 55.1 Å². The van der Waals surface area contributed by atoms with Gasteiger partial charge in [0.15, 0.2) is 5.65 Å². The molecule has 3 aromatic heterocycles. The van der Waals surface area contributed by atoms with Gasteiger partial charge in [-0.2, -0.15) is 0 Å². The highest BCUT2D eigenvalue weighted by Crippen LogP contribution is 2.31. The Balaban J connectivity index is 1.52. The number of likely N-dealkylation sites (tertiary alicyclic amines) is 1. The van der Waals surface area contributed by atoms with Crippen LogP contribution >= 0.6 is 0 Å². The first kappa shape index (κ1) is 19.2. The molecule has 31 heavy (non-hydrogen) atoms. The number of aromatic nitrogens is 4. The van der Waals surface area contributed by atoms with Crippen LogP contribution in [0.25, 0.3) is 16.8 Å². The van der Waals surface area contributed by atoms with Crippen molar-refractivity contribution in [1.82, 2.24) is 24.5 Å². The van der Waals surface area contributed by atoms with E-state index < -0.39 is 0 Å². The molecule has 4 aromatic rings. The average Bonchev–Trinajstić information content (AvgIpc) is 3.36. The zero-order valence-corrected chi connectivity index (χ0v) is 17.3. The Morgan fingerprint density at radius 1 is 1.10 bits per heavy atom. The van der Waals surface area contributed by atoms with E-state index in [2.05, 4.69) is 17.0 Å². The summed E-state index contributed by atoms with van der Waals surface area (Å²) < 4.78 is 1.51. The van der Waals surface area contributed by atoms with Crippen LogP contribution in [0.1, 0.15) is 36.2 Å². The second kappa shape index (κ2) is 7.83. The first-order valence-electron chi connectivity index (χ1n) is 10.5. The molecule has 1 aromatic carbocycles. The van der Waals surface area contributed by atoms with Gasteiger partial charge in [0.05, 0.1) is 5.69 Å². The summed E-state index contributed by atoms with van der Waals surface area (Å²) in [5.41, 5.74) is 5.10. The van der Waals surface area contributed by atoms with Crippen molar-refractivity contribution in [3.8, 4) is 11.1 Å². The third-order valence-electron chi connectivity index (χ3n) is 5.88. The number of aryl methyl sites for hydroxylation is 1. The fourth-order valence-corrected chi connectivity index (χ4v) is 4.31. The van der Waals surface area contributed by atoms with Gasteiger partial charge in [-0.3, -0.25) is 19.7 Å². The van der Waals surface area contributed by atoms with E-state index in [1.54, 1.807) is 18.5 Å². The van der Waals surface area contributed by atoms with Gasteiger partial charge in [-0.15, -0.1) is 0 Å². The zero-order valence-electron chi connectivity index (χ0n) is 17.3. The number of hydrogen-bond donors (Lipinski definition) is 1. The van der Waals surface area contributed by atoms with Crippen LogP contribution in [0.3, 0.4) is 0 Å². The molecule has 0 unspecified atom stereocenters. The predicted octanol–water partition coefficient (Wildman–Crippen LogP) is 3.16. The van der Waals surface area contributed by atoms with Gasteiger partial charge >= 0.3 is 0 Å². The highest BCUT2D eigenvalue weighted by molar-refractivity contribution is 5.81. The standard InChI is InChI=1S/C24H23N5O2/c1-2-19-23(17-6-4-3-5-7-17)24-26-20(13-22(31)29(24)27-19)18-12-21(30)28(15-18)14-16-8-10-25-11-9-16/h3-11,13,18,27H,2,12,14-15H2,1H3/t18-/m1/s1. The largest absolute Gasteiger partial charge is 0.338 e. The van der Waals surface area contributed by atoms with Crippen LogP contribution < -0.4 is 5.56 Å². The van der Waals surface area contributed by atoms with Crippen molar-refractivity contribution in [2.45, 2.75) is 32.2 Å². The van der Waals surface area contributed by atoms with E-state index in [1.807, 2.05) is 47.4 Å². The van der Waals surface area contributed by atoms with Crippen molar-refractivity contribution in [2.24, 2.45) is 0 Å². The molecule has 7 heteroatoms. The summed E-state index contributed by atoms with van der Waals surface area (Å²) in [5, 5.41) is 3.21. The molecule has 0 saturated carbocycles. The monoisotopic (exact) mass is 413 g/mol. The molecule has 1 aliphatic heterocycles. The van der Waals surface area contributed by atoms with Crippen molar-refractivity contribution in [2.75, 3.05) is 6.54 Å². The van der Waals surface area contributed by atoms with Crippen molar-refractivity contribution in [3.05, 3.63) is 88.2 Å². The normalized spacial score (nSPS) is 16.4. The molecule has 5 rings (SSSR count). The van der Waals surface area contributed by atoms with Crippen molar-refractivity contribution in [1.29, 1.82) is 0 Å². The number of rotatable bonds is 5. The second-order valence-electron chi connectivity index (χ2n) is 7.89. The van der Waals surface area contributed by atoms with Gasteiger partial charge in [-0.05, 0) is 29.7 Å². The van der Waals surface area contributed by atoms with Gasteiger partial charge in [-0.1, -0.05) is 37.3 Å². The Bertz CT molecular complexity index is 1290. The highest BCUT2D eigenvalue weighted by Gasteiger charge is 2.32. The molecule has 1 atom stereocenters. The molecular formula is C24H23N5O2. The summed E-state index contributed by atoms with van der Waals surface area (Å²) in [7, 11) is 0. The number of pyridine rings is 1. The van der Waals surface area contributed by atoms with Crippen LogP contribution in [0, 0.1) is 0 Å². The number of amides is 1. The molecular weight excluding hydrogens is 390 g/mol. The third kappa shape index (κ3) is 3.52. The summed E-state index contributed by atoms with van der Waals surface area (Å²) in [6, 6.07) is 15.4. The topological polar surface area (TPSA) is 83.4 Å². The zero-order chi connectivity index (χ0) is 21.4. The average molecular weight is 413 g/mol. The second-order valence-corrected chi connectivity index (χ2v) is 7.89. The highest BCUT2D eigenvalue weighted by atomic mass is 16.2. The minimum absolute atomic E-state index is 0.0791. The molecule has 4 heterocycles. The molecule has 0 bridgehead atoms. The summed E-state index contributed by atoms with van der Waals surface area (Å²) in [5.74, 6) is -0.0222. The van der Waals surface area contributed by atoms with Crippen LogP contribution in [0.5, 0.6) is 0 Å². The van der Waals surface area contributed by atoms with E-state index in [0.29, 0.717) is 30.9 Å². The Labute approximate surface area is 179 Å². The number of nitrogens with zero attached hydrogens (tertiary/aromatic N) is 4. The number of benzene rings is 1. The number of fused-ring (bicyclic) bond motifs is 1. The molecule has 1 N–H and O–H groups in total. The third-order valence-corrected chi connectivity index (χ3v) is 5.88. The molecule has 1 saturated heterocycles. The molecule has 1 fully saturated rings. The number of H-pyrrole nitrogens is 1. The molecule has 7 nitrogen and oxygen atoms in total. The lowest BCUT2D eigenvalue weighted by atomic mass is 10.0. The van der Waals surface area contributed by atoms with E-state index in [1.165, 1.54) is 4.52 Å². The minimum atomic E-state index is -0.156. The molecule has 0 radical (unpaired) electrons. The lowest BCUT2D eigenvalue weighted by Gasteiger charge is -2.16. The van der Waals surface area contributed by atoms with Crippen LogP contribution in [0.4, 0.5) is 0 Å². The molecule has 0 spiro atoms. The van der Waals surface area contributed by atoms with E-state index >= 15 is 0 Å². The van der Waals surface area contributed by atoms with Gasteiger partial charge in [0.25, 0.3) is 5.56 Å². The van der Waals surface area contributed by atoms with Crippen LogP contribution in [0.2, 0.25) is 0 Å². The predicted molar refractivity (Wildman–Crippen MR) is 118 cm³/mol. The number of hydrogen-bond acceptors (Lipinski definition) is 4. The van der Waals surface area contributed by atoms with Crippen LogP contribution in [-0.2, 0) is 17.8 Å². The number of carbonyl (C=O) groups excluding carboxylic acids is 1. The quantitative estimate of drug-likeness (QED) is 0.545. The number of aromatic amines is 1. The van der Waals surface area contributed by atoms with Gasteiger partial charge in [0.1, 0.15) is 0 Å². The lowest BCUT2D eigenvalue weighted by Crippen LogP contribution is -2.24. The van der Waals surface area contributed by atoms with Crippen LogP contribution in [0.15, 0.2) is 65.7 Å². The maximum atomic E-state index is 12.9. The van der Waals surface area contributed by atoms with Gasteiger partial charge in [-0.25, -0.2) is 9.50 Å². The summed E-state index contributed by atoms with van der Waals surface area (Å²) in [6.07, 6.45) is 4.57. The maximum Gasteiger partial charge on any atom is 0.272 e. The fourth-order valence-electron chi connectivity index (χ4n) is 4.31. The van der Waals surface area contributed by atoms with E-state index in [9.17, 15) is 9.59 Å². The van der Waals surface area contributed by atoms with E-state index in [0.717, 1.165) is 28.8 Å². The Morgan fingerprint density at radius 2 is 1.87 bits per heavy atom. The lowest BCUT2D eigenvalue weighted by molar-refractivity contribution is -0.128. The van der Waals surface area contributed by atoms with E-state index in [-0.39, 0.29) is 17.4 Å². The molecule has 0 aliphatic carbocycles. The molecule has 1 aliphatic rings. The fraction of sp³-hybridized carbons (Fsp3) is 0.250. The van der Waals surface area contributed by atoms with Crippen molar-refractivity contribution < 1.29 is 4.79 Å². The smallest absolute Gasteiger partial charge is 0.272 e. The maximum absolute atomic E-state index is 12.9. The van der Waals surface area contributed by atoms with Crippen molar-refractivity contribution in [3.63, 3.8) is 0 Å². The van der Waals surface area contributed by atoms with Crippen molar-refractivity contribution >= 4 is 11.6 Å². The summed E-state index contributed by atoms with van der Waals surface area (Å²) in [4.78, 5) is 36.3. The first-order chi connectivity index (χ1) is 15.1. The number of carbonyl (C=O) groups is 1. The van der Waals surface area contributed by atoms with E-state index in [4.69, 9.17) is 4.98 Å².